The molecule has 0 saturated heterocycles. The number of anilines is 1. The van der Waals surface area contributed by atoms with E-state index >= 15 is 0 Å². The number of ether oxygens (including phenoxy) is 1. The predicted molar refractivity (Wildman–Crippen MR) is 137 cm³/mol. The minimum Gasteiger partial charge on any atom is -0.489 e. The molecule has 4 rings (SSSR count). The normalized spacial score (nSPS) is 10.8. The first-order valence-corrected chi connectivity index (χ1v) is 11.8. The van der Waals surface area contributed by atoms with Gasteiger partial charge in [0.05, 0.1) is 16.6 Å². The van der Waals surface area contributed by atoms with Crippen LogP contribution in [0.15, 0.2) is 72.8 Å². The summed E-state index contributed by atoms with van der Waals surface area (Å²) in [5.41, 5.74) is 4.60. The van der Waals surface area contributed by atoms with Crippen molar-refractivity contribution in [1.29, 1.82) is 0 Å². The average Bonchev–Trinajstić information content (AvgIpc) is 3.18. The summed E-state index contributed by atoms with van der Waals surface area (Å²) in [4.78, 5) is 12.8. The fourth-order valence-corrected chi connectivity index (χ4v) is 3.84. The number of hydrogen-bond donors (Lipinski definition) is 1. The van der Waals surface area contributed by atoms with Crippen LogP contribution in [0, 0.1) is 6.92 Å². The molecule has 0 bridgehead atoms. The predicted octanol–water partition coefficient (Wildman–Crippen LogP) is 6.94. The van der Waals surface area contributed by atoms with E-state index < -0.39 is 0 Å². The molecule has 0 aliphatic heterocycles. The molecule has 0 spiro atoms. The number of carbonyl (C=O) groups excluding carboxylic acids is 1. The lowest BCUT2D eigenvalue weighted by molar-refractivity contribution is 0.102. The maximum Gasteiger partial charge on any atom is 0.256 e. The van der Waals surface area contributed by atoms with E-state index in [4.69, 9.17) is 27.9 Å². The lowest BCUT2D eigenvalue weighted by Crippen LogP contribution is -2.13. The monoisotopic (exact) mass is 493 g/mol. The minimum atomic E-state index is -0.228. The Balaban J connectivity index is 1.39. The van der Waals surface area contributed by atoms with Crippen LogP contribution in [0.4, 0.5) is 5.82 Å². The van der Waals surface area contributed by atoms with Crippen LogP contribution in [-0.4, -0.2) is 15.7 Å². The summed E-state index contributed by atoms with van der Waals surface area (Å²) in [5.74, 6) is 1.06. The quantitative estimate of drug-likeness (QED) is 0.289. The lowest BCUT2D eigenvalue weighted by Gasteiger charge is -2.09. The first-order valence-electron chi connectivity index (χ1n) is 11.0. The molecule has 5 nitrogen and oxygen atoms in total. The van der Waals surface area contributed by atoms with Crippen molar-refractivity contribution in [2.75, 3.05) is 5.32 Å². The summed E-state index contributed by atoms with van der Waals surface area (Å²) in [6.45, 7) is 4.95. The van der Waals surface area contributed by atoms with Gasteiger partial charge in [-0.1, -0.05) is 60.5 Å². The van der Waals surface area contributed by atoms with Gasteiger partial charge < -0.3 is 10.1 Å². The molecular weight excluding hydrogens is 469 g/mol. The Bertz CT molecular complexity index is 1300. The van der Waals surface area contributed by atoms with Crippen LogP contribution in [0.1, 0.15) is 39.7 Å². The number of rotatable bonds is 8. The van der Waals surface area contributed by atoms with Crippen molar-refractivity contribution in [3.8, 4) is 5.75 Å². The Morgan fingerprint density at radius 3 is 2.44 bits per heavy atom. The number of aryl methyl sites for hydroxylation is 2. The molecule has 4 aromatic rings. The summed E-state index contributed by atoms with van der Waals surface area (Å²) in [7, 11) is 0. The zero-order valence-corrected chi connectivity index (χ0v) is 20.5. The highest BCUT2D eigenvalue weighted by molar-refractivity contribution is 6.42. The van der Waals surface area contributed by atoms with Gasteiger partial charge in [0.1, 0.15) is 12.4 Å². The van der Waals surface area contributed by atoms with Crippen molar-refractivity contribution in [1.82, 2.24) is 9.78 Å². The molecule has 1 N–H and O–H groups in total. The van der Waals surface area contributed by atoms with Crippen molar-refractivity contribution >= 4 is 34.9 Å². The topological polar surface area (TPSA) is 56.1 Å². The molecule has 0 fully saturated rings. The molecule has 0 radical (unpaired) electrons. The first kappa shape index (κ1) is 23.9. The van der Waals surface area contributed by atoms with Crippen molar-refractivity contribution in [2.24, 2.45) is 0 Å². The zero-order valence-electron chi connectivity index (χ0n) is 19.0. The number of nitrogens with one attached hydrogen (secondary N) is 1. The summed E-state index contributed by atoms with van der Waals surface area (Å²) in [6.07, 6.45) is 0.991. The second-order valence-electron chi connectivity index (χ2n) is 8.02. The maximum atomic E-state index is 12.8. The van der Waals surface area contributed by atoms with Gasteiger partial charge in [0.15, 0.2) is 5.82 Å². The Kier molecular flexibility index (Phi) is 7.56. The van der Waals surface area contributed by atoms with Gasteiger partial charge in [-0.15, -0.1) is 0 Å². The third-order valence-corrected chi connectivity index (χ3v) is 6.20. The lowest BCUT2D eigenvalue weighted by atomic mass is 10.1. The molecule has 1 heterocycles. The standard InChI is InChI=1S/C27H25Cl2N3O2/c1-3-19-7-10-23(11-8-19)34-17-21-5-4-6-22(14-21)27(33)30-26-13-18(2)32(31-26)16-20-9-12-24(28)25(29)15-20/h4-15H,3,16-17H2,1-2H3,(H,30,31,33). The number of aromatic nitrogens is 2. The van der Waals surface area contributed by atoms with Crippen LogP contribution in [0.5, 0.6) is 5.75 Å². The number of carbonyl (C=O) groups is 1. The fraction of sp³-hybridized carbons (Fsp3) is 0.185. The zero-order chi connectivity index (χ0) is 24.1. The fourth-order valence-electron chi connectivity index (χ4n) is 3.52. The molecule has 34 heavy (non-hydrogen) atoms. The third kappa shape index (κ3) is 5.99. The smallest absolute Gasteiger partial charge is 0.256 e. The van der Waals surface area contributed by atoms with Crippen molar-refractivity contribution < 1.29 is 9.53 Å². The largest absolute Gasteiger partial charge is 0.489 e. The van der Waals surface area contributed by atoms with E-state index in [1.54, 1.807) is 12.1 Å². The average molecular weight is 494 g/mol. The molecule has 0 aliphatic rings. The molecular formula is C27H25Cl2N3O2. The van der Waals surface area contributed by atoms with Crippen molar-refractivity contribution in [3.63, 3.8) is 0 Å². The summed E-state index contributed by atoms with van der Waals surface area (Å²) < 4.78 is 7.68. The Morgan fingerprint density at radius 2 is 1.71 bits per heavy atom. The van der Waals surface area contributed by atoms with Gasteiger partial charge in [0, 0.05) is 17.3 Å². The van der Waals surface area contributed by atoms with E-state index in [0.29, 0.717) is 34.6 Å². The van der Waals surface area contributed by atoms with E-state index in [-0.39, 0.29) is 5.91 Å². The SMILES string of the molecule is CCc1ccc(OCc2cccc(C(=O)Nc3cc(C)n(Cc4ccc(Cl)c(Cl)c4)n3)c2)cc1. The molecule has 0 unspecified atom stereocenters. The number of halogens is 2. The van der Waals surface area contributed by atoms with Gasteiger partial charge in [-0.05, 0) is 66.4 Å². The Labute approximate surface area is 209 Å². The molecule has 1 amide bonds. The van der Waals surface area contributed by atoms with Gasteiger partial charge in [-0.2, -0.15) is 5.10 Å². The van der Waals surface area contributed by atoms with Crippen LogP contribution in [0.2, 0.25) is 10.0 Å². The summed E-state index contributed by atoms with van der Waals surface area (Å²) in [5, 5.41) is 8.41. The van der Waals surface area contributed by atoms with Crippen LogP contribution >= 0.6 is 23.2 Å². The van der Waals surface area contributed by atoms with Crippen molar-refractivity contribution in [3.05, 3.63) is 111 Å². The van der Waals surface area contributed by atoms with Crippen LogP contribution in [0.25, 0.3) is 0 Å². The Hall–Kier alpha value is -3.28. The van der Waals surface area contributed by atoms with Crippen LogP contribution in [0.3, 0.4) is 0 Å². The second kappa shape index (κ2) is 10.8. The molecule has 0 atom stereocenters. The molecule has 3 aromatic carbocycles. The van der Waals surface area contributed by atoms with E-state index in [1.165, 1.54) is 5.56 Å². The third-order valence-electron chi connectivity index (χ3n) is 5.47. The highest BCUT2D eigenvalue weighted by atomic mass is 35.5. The van der Waals surface area contributed by atoms with E-state index in [1.807, 2.05) is 60.1 Å². The number of benzene rings is 3. The maximum absolute atomic E-state index is 12.8. The highest BCUT2D eigenvalue weighted by Gasteiger charge is 2.12. The van der Waals surface area contributed by atoms with E-state index in [2.05, 4.69) is 29.5 Å². The molecule has 174 valence electrons. The minimum absolute atomic E-state index is 0.228. The van der Waals surface area contributed by atoms with Gasteiger partial charge in [-0.3, -0.25) is 9.48 Å². The molecule has 7 heteroatoms. The number of hydrogen-bond acceptors (Lipinski definition) is 3. The van der Waals surface area contributed by atoms with Crippen LogP contribution in [-0.2, 0) is 19.6 Å². The highest BCUT2D eigenvalue weighted by Crippen LogP contribution is 2.23. The van der Waals surface area contributed by atoms with Gasteiger partial charge in [-0.25, -0.2) is 0 Å². The molecule has 0 aliphatic carbocycles. The number of nitrogens with zero attached hydrogens (tertiary/aromatic N) is 2. The van der Waals surface area contributed by atoms with Crippen molar-refractivity contribution in [2.45, 2.75) is 33.4 Å². The number of amides is 1. The van der Waals surface area contributed by atoms with E-state index in [9.17, 15) is 4.79 Å². The second-order valence-corrected chi connectivity index (χ2v) is 8.83. The van der Waals surface area contributed by atoms with Gasteiger partial charge in [0.2, 0.25) is 0 Å². The van der Waals surface area contributed by atoms with Gasteiger partial charge in [0.25, 0.3) is 5.91 Å². The first-order chi connectivity index (χ1) is 16.4. The summed E-state index contributed by atoms with van der Waals surface area (Å²) >= 11 is 12.1. The van der Waals surface area contributed by atoms with E-state index in [0.717, 1.165) is 29.0 Å². The summed E-state index contributed by atoms with van der Waals surface area (Å²) in [6, 6.07) is 22.7. The Morgan fingerprint density at radius 1 is 0.941 bits per heavy atom. The van der Waals surface area contributed by atoms with Crippen LogP contribution < -0.4 is 10.1 Å². The molecule has 0 saturated carbocycles. The molecule has 1 aromatic heterocycles. The van der Waals surface area contributed by atoms with Gasteiger partial charge >= 0.3 is 0 Å².